The van der Waals surface area contributed by atoms with Crippen molar-refractivity contribution in [3.8, 4) is 0 Å². The van der Waals surface area contributed by atoms with Gasteiger partial charge in [-0.3, -0.25) is 14.6 Å². The Hall–Kier alpha value is -4.48. The molecule has 43 heavy (non-hydrogen) atoms. The maximum atomic E-state index is 14.1. The van der Waals surface area contributed by atoms with Crippen LogP contribution in [0.3, 0.4) is 0 Å². The highest BCUT2D eigenvalue weighted by atomic mass is 32.1. The molecule has 0 aliphatic carbocycles. The van der Waals surface area contributed by atoms with Crippen LogP contribution in [0.1, 0.15) is 30.0 Å². The van der Waals surface area contributed by atoms with Crippen LogP contribution in [0.25, 0.3) is 10.2 Å². The summed E-state index contributed by atoms with van der Waals surface area (Å²) in [6.45, 7) is 3.42. The molecule has 2 atom stereocenters. The van der Waals surface area contributed by atoms with Crippen molar-refractivity contribution in [1.29, 1.82) is 0 Å². The van der Waals surface area contributed by atoms with Gasteiger partial charge < -0.3 is 20.9 Å². The van der Waals surface area contributed by atoms with Gasteiger partial charge in [0, 0.05) is 26.1 Å². The van der Waals surface area contributed by atoms with Crippen LogP contribution in [-0.2, 0) is 29.1 Å². The zero-order valence-electron chi connectivity index (χ0n) is 24.1. The highest BCUT2D eigenvalue weighted by molar-refractivity contribution is 7.22. The maximum absolute atomic E-state index is 14.1. The molecule has 0 bridgehead atoms. The van der Waals surface area contributed by atoms with Gasteiger partial charge in [0.05, 0.1) is 23.3 Å². The Morgan fingerprint density at radius 1 is 1.02 bits per heavy atom. The lowest BCUT2D eigenvalue weighted by Gasteiger charge is -2.46. The Labute approximate surface area is 254 Å². The van der Waals surface area contributed by atoms with Crippen molar-refractivity contribution in [2.24, 2.45) is 0 Å². The first-order valence-corrected chi connectivity index (χ1v) is 15.4. The molecule has 0 saturated carbocycles. The molecule has 3 heterocycles. The van der Waals surface area contributed by atoms with Crippen LogP contribution in [0.5, 0.6) is 0 Å². The average Bonchev–Trinajstić information content (AvgIpc) is 3.56. The summed E-state index contributed by atoms with van der Waals surface area (Å²) in [4.78, 5) is 49.4. The number of rotatable bonds is 9. The molecule has 11 heteroatoms. The highest BCUT2D eigenvalue weighted by Crippen LogP contribution is 2.32. The largest absolute Gasteiger partial charge is 0.375 e. The van der Waals surface area contributed by atoms with E-state index in [4.69, 9.17) is 5.73 Å². The van der Waals surface area contributed by atoms with Crippen LogP contribution in [0.2, 0.25) is 0 Å². The van der Waals surface area contributed by atoms with Crippen molar-refractivity contribution < 1.29 is 14.4 Å². The lowest BCUT2D eigenvalue weighted by Crippen LogP contribution is -2.66. The van der Waals surface area contributed by atoms with Crippen molar-refractivity contribution in [2.75, 3.05) is 25.4 Å². The van der Waals surface area contributed by atoms with E-state index in [1.165, 1.54) is 11.3 Å². The number of fused-ring (bicyclic) bond motifs is 2. The van der Waals surface area contributed by atoms with Gasteiger partial charge in [0.25, 0.3) is 0 Å². The first-order valence-electron chi connectivity index (χ1n) is 14.6. The number of para-hydroxylation sites is 1. The number of hydrazine groups is 1. The molecule has 3 aromatic carbocycles. The van der Waals surface area contributed by atoms with Gasteiger partial charge in [-0.2, -0.15) is 5.01 Å². The summed E-state index contributed by atoms with van der Waals surface area (Å²) in [6.07, 6.45) is 0.598. The normalized spacial score (nSPS) is 18.7. The number of aromatic nitrogens is 1. The summed E-state index contributed by atoms with van der Waals surface area (Å²) in [7, 11) is 0. The molecule has 1 aromatic heterocycles. The number of hydrogen-bond donors (Lipinski definition) is 2. The first kappa shape index (κ1) is 28.6. The lowest BCUT2D eigenvalue weighted by atomic mass is 10.00. The molecule has 3 N–H and O–H groups in total. The number of nitrogens with two attached hydrogens (primary N) is 1. The zero-order chi connectivity index (χ0) is 29.9. The minimum atomic E-state index is -0.700. The monoisotopic (exact) mass is 597 g/mol. The lowest BCUT2D eigenvalue weighted by molar-refractivity contribution is -0.157. The minimum Gasteiger partial charge on any atom is -0.375 e. The molecular formula is C32H35N7O3S. The minimum absolute atomic E-state index is 0.0219. The fourth-order valence-electron chi connectivity index (χ4n) is 6.01. The maximum Gasteiger partial charge on any atom is 0.332 e. The third kappa shape index (κ3) is 5.91. The predicted octanol–water partition coefficient (Wildman–Crippen LogP) is 3.84. The second-order valence-electron chi connectivity index (χ2n) is 10.9. The van der Waals surface area contributed by atoms with E-state index in [1.807, 2.05) is 90.8 Å². The van der Waals surface area contributed by atoms with Crippen LogP contribution < -0.4 is 11.1 Å². The number of carbonyl (C=O) groups is 3. The molecule has 0 radical (unpaired) electrons. The van der Waals surface area contributed by atoms with E-state index in [0.29, 0.717) is 37.6 Å². The van der Waals surface area contributed by atoms with Crippen LogP contribution in [-0.4, -0.2) is 74.5 Å². The molecule has 0 unspecified atom stereocenters. The van der Waals surface area contributed by atoms with E-state index in [2.05, 4.69) is 10.3 Å². The zero-order valence-corrected chi connectivity index (χ0v) is 24.9. The van der Waals surface area contributed by atoms with Crippen LogP contribution in [0.15, 0.2) is 78.9 Å². The summed E-state index contributed by atoms with van der Waals surface area (Å²) < 4.78 is 0.962. The van der Waals surface area contributed by atoms with Crippen molar-refractivity contribution in [1.82, 2.24) is 30.1 Å². The molecule has 2 aliphatic rings. The molecular weight excluding hydrogens is 562 g/mol. The van der Waals surface area contributed by atoms with Gasteiger partial charge in [0.15, 0.2) is 5.13 Å². The smallest absolute Gasteiger partial charge is 0.332 e. The number of hydrogen-bond acceptors (Lipinski definition) is 7. The molecule has 222 valence electrons. The number of thiazole rings is 1. The van der Waals surface area contributed by atoms with Gasteiger partial charge in [0.1, 0.15) is 12.2 Å². The Kier molecular flexibility index (Phi) is 8.26. The Bertz CT molecular complexity index is 1610. The van der Waals surface area contributed by atoms with Crippen molar-refractivity contribution >= 4 is 44.5 Å². The van der Waals surface area contributed by atoms with Crippen LogP contribution >= 0.6 is 11.3 Å². The number of anilines is 1. The van der Waals surface area contributed by atoms with E-state index in [-0.39, 0.29) is 30.9 Å². The highest BCUT2D eigenvalue weighted by Gasteiger charge is 2.52. The number of urea groups is 1. The van der Waals surface area contributed by atoms with Gasteiger partial charge in [0.2, 0.25) is 11.8 Å². The Balaban J connectivity index is 1.31. The number of amides is 4. The molecule has 4 amide bonds. The summed E-state index contributed by atoms with van der Waals surface area (Å²) in [5.74, 6) is -0.281. The number of benzene rings is 3. The van der Waals surface area contributed by atoms with Gasteiger partial charge in [-0.1, -0.05) is 91.1 Å². The Morgan fingerprint density at radius 3 is 2.47 bits per heavy atom. The van der Waals surface area contributed by atoms with Crippen molar-refractivity contribution in [2.45, 2.75) is 45.1 Å². The molecule has 10 nitrogen and oxygen atoms in total. The molecule has 4 aromatic rings. The molecule has 6 rings (SSSR count). The fourth-order valence-corrected chi connectivity index (χ4v) is 6.79. The second kappa shape index (κ2) is 12.4. The number of carbonyl (C=O) groups excluding carboxylic acids is 3. The Morgan fingerprint density at radius 2 is 1.74 bits per heavy atom. The predicted molar refractivity (Wildman–Crippen MR) is 166 cm³/mol. The van der Waals surface area contributed by atoms with Crippen LogP contribution in [0, 0.1) is 0 Å². The summed E-state index contributed by atoms with van der Waals surface area (Å²) in [5, 5.41) is 6.98. The number of nitrogen functional groups attached to an aromatic ring is 1. The molecule has 2 saturated heterocycles. The van der Waals surface area contributed by atoms with E-state index >= 15 is 0 Å². The third-order valence-electron chi connectivity index (χ3n) is 7.99. The number of piperazine rings is 1. The van der Waals surface area contributed by atoms with Gasteiger partial charge >= 0.3 is 6.03 Å². The van der Waals surface area contributed by atoms with Crippen molar-refractivity contribution in [3.63, 3.8) is 0 Å². The van der Waals surface area contributed by atoms with E-state index in [9.17, 15) is 14.4 Å². The van der Waals surface area contributed by atoms with Crippen LogP contribution in [0.4, 0.5) is 9.93 Å². The second-order valence-corrected chi connectivity index (χ2v) is 11.9. The third-order valence-corrected chi connectivity index (χ3v) is 8.84. The quantitative estimate of drug-likeness (QED) is 0.303. The molecule has 2 aliphatic heterocycles. The number of nitrogens with one attached hydrogen (secondary N) is 1. The van der Waals surface area contributed by atoms with E-state index in [0.717, 1.165) is 26.9 Å². The van der Waals surface area contributed by atoms with E-state index in [1.54, 1.807) is 14.8 Å². The summed E-state index contributed by atoms with van der Waals surface area (Å²) in [6, 6.07) is 24.4. The van der Waals surface area contributed by atoms with Gasteiger partial charge in [-0.25, -0.2) is 9.78 Å². The standard InChI is InChI=1S/C32H35N7O3S/c1-2-16-37(32(42)34-18-23-12-7-4-8-13-23)38-21-28(40)39-25(17-22-10-5-3-6-11-22)30(41)36(20-27(38)39)19-24-14-9-15-26-29(24)35-31(33)43-26/h3-15,25,27H,2,16-21H2,1H3,(H2,33,35)(H,34,42)/t25-,27+/m0/s1. The van der Waals surface area contributed by atoms with Gasteiger partial charge in [-0.05, 0) is 29.2 Å². The summed E-state index contributed by atoms with van der Waals surface area (Å²) >= 11 is 1.41. The van der Waals surface area contributed by atoms with Crippen molar-refractivity contribution in [3.05, 3.63) is 95.6 Å². The molecule has 2 fully saturated rings. The topological polar surface area (TPSA) is 115 Å². The average molecular weight is 598 g/mol. The van der Waals surface area contributed by atoms with E-state index < -0.39 is 12.2 Å². The summed E-state index contributed by atoms with van der Waals surface area (Å²) in [5.41, 5.74) is 9.65. The number of nitrogens with zero attached hydrogens (tertiary/aromatic N) is 5. The van der Waals surface area contributed by atoms with Gasteiger partial charge in [-0.15, -0.1) is 0 Å². The fraction of sp³-hybridized carbons (Fsp3) is 0.312. The molecule has 0 spiro atoms. The SMILES string of the molecule is CCCN(C(=O)NCc1ccccc1)N1CC(=O)N2[C@@H](Cc3ccccc3)C(=O)N(Cc3cccc4sc(N)nc34)C[C@@H]21. The first-order chi connectivity index (χ1) is 20.9.